The molecule has 2 N–H and O–H groups in total. The minimum absolute atomic E-state index is 0.0114. The average Bonchev–Trinajstić information content (AvgIpc) is 2.37. The molecule has 19 heavy (non-hydrogen) atoms. The van der Waals surface area contributed by atoms with Crippen molar-refractivity contribution in [2.75, 3.05) is 0 Å². The molecular formula is C13H11FN2O2S. The van der Waals surface area contributed by atoms with Crippen molar-refractivity contribution in [3.05, 3.63) is 59.9 Å². The Morgan fingerprint density at radius 2 is 1.68 bits per heavy atom. The highest BCUT2D eigenvalue weighted by Crippen LogP contribution is 2.16. The van der Waals surface area contributed by atoms with Gasteiger partial charge < -0.3 is 0 Å². The summed E-state index contributed by atoms with van der Waals surface area (Å²) in [6.07, 6.45) is 1.38. The first-order valence-corrected chi connectivity index (χ1v) is 6.93. The molecule has 2 aromatic rings. The number of sulfonamides is 1. The fourth-order valence-corrected chi connectivity index (χ4v) is 1.96. The van der Waals surface area contributed by atoms with Crippen LogP contribution in [-0.2, 0) is 10.0 Å². The number of halogens is 1. The molecule has 0 saturated carbocycles. The molecule has 98 valence electrons. The molecule has 0 atom stereocenters. The minimum atomic E-state index is -3.71. The number of hydrogen-bond acceptors (Lipinski definition) is 3. The highest BCUT2D eigenvalue weighted by Gasteiger charge is 2.06. The molecule has 2 rings (SSSR count). The molecule has 0 spiro atoms. The number of nitrogens with two attached hydrogens (primary N) is 1. The second-order valence-corrected chi connectivity index (χ2v) is 5.38. The Bertz CT molecular complexity index is 710. The second kappa shape index (κ2) is 5.29. The van der Waals surface area contributed by atoms with Crippen LogP contribution < -0.4 is 5.14 Å². The van der Waals surface area contributed by atoms with Crippen molar-refractivity contribution >= 4 is 21.9 Å². The molecule has 0 fully saturated rings. The van der Waals surface area contributed by atoms with E-state index in [1.807, 2.05) is 0 Å². The Balaban J connectivity index is 2.23. The molecule has 0 heterocycles. The summed E-state index contributed by atoms with van der Waals surface area (Å²) in [5, 5.41) is 4.98. The molecule has 6 heteroatoms. The maximum Gasteiger partial charge on any atom is 0.238 e. The van der Waals surface area contributed by atoms with Crippen LogP contribution in [0.1, 0.15) is 5.56 Å². The maximum atomic E-state index is 13.3. The van der Waals surface area contributed by atoms with Gasteiger partial charge in [-0.05, 0) is 30.3 Å². The largest absolute Gasteiger partial charge is 0.256 e. The number of aliphatic imine (C=N–C) groups is 1. The third-order valence-electron chi connectivity index (χ3n) is 2.42. The number of hydrogen-bond donors (Lipinski definition) is 1. The van der Waals surface area contributed by atoms with E-state index < -0.39 is 10.0 Å². The van der Waals surface area contributed by atoms with Crippen molar-refractivity contribution < 1.29 is 12.8 Å². The summed E-state index contributed by atoms with van der Waals surface area (Å²) in [5.41, 5.74) is 0.869. The monoisotopic (exact) mass is 278 g/mol. The van der Waals surface area contributed by atoms with Gasteiger partial charge in [0.25, 0.3) is 0 Å². The normalized spacial score (nSPS) is 11.9. The summed E-state index contributed by atoms with van der Waals surface area (Å²) >= 11 is 0. The molecular weight excluding hydrogens is 267 g/mol. The Labute approximate surface area is 110 Å². The lowest BCUT2D eigenvalue weighted by atomic mass is 10.2. The summed E-state index contributed by atoms with van der Waals surface area (Å²) in [6.45, 7) is 0. The lowest BCUT2D eigenvalue weighted by molar-refractivity contribution is 0.598. The van der Waals surface area contributed by atoms with Gasteiger partial charge in [-0.1, -0.05) is 18.2 Å². The Kier molecular flexibility index (Phi) is 3.73. The van der Waals surface area contributed by atoms with Gasteiger partial charge >= 0.3 is 0 Å². The van der Waals surface area contributed by atoms with E-state index in [0.717, 1.165) is 0 Å². The fourth-order valence-electron chi connectivity index (χ4n) is 1.45. The van der Waals surface area contributed by atoms with Crippen LogP contribution in [0.4, 0.5) is 10.1 Å². The number of benzene rings is 2. The summed E-state index contributed by atoms with van der Waals surface area (Å²) in [7, 11) is -3.71. The topological polar surface area (TPSA) is 72.5 Å². The third-order valence-corrected chi connectivity index (χ3v) is 3.35. The molecule has 0 saturated heterocycles. The summed E-state index contributed by atoms with van der Waals surface area (Å²) in [5.74, 6) is -0.368. The third kappa shape index (κ3) is 3.46. The van der Waals surface area contributed by atoms with Gasteiger partial charge in [0.15, 0.2) is 0 Å². The highest BCUT2D eigenvalue weighted by molar-refractivity contribution is 7.89. The minimum Gasteiger partial charge on any atom is -0.256 e. The molecule has 0 aliphatic rings. The predicted octanol–water partition coefficient (Wildman–Crippen LogP) is 2.22. The van der Waals surface area contributed by atoms with Gasteiger partial charge in [0.05, 0.1) is 10.6 Å². The van der Waals surface area contributed by atoms with Gasteiger partial charge in [0, 0.05) is 11.8 Å². The lowest BCUT2D eigenvalue weighted by Gasteiger charge is -1.99. The highest BCUT2D eigenvalue weighted by atomic mass is 32.2. The van der Waals surface area contributed by atoms with Crippen molar-refractivity contribution in [3.63, 3.8) is 0 Å². The van der Waals surface area contributed by atoms with Gasteiger partial charge in [0.1, 0.15) is 5.82 Å². The molecule has 4 nitrogen and oxygen atoms in total. The van der Waals surface area contributed by atoms with Gasteiger partial charge in [0.2, 0.25) is 10.0 Å². The van der Waals surface area contributed by atoms with E-state index in [1.165, 1.54) is 36.5 Å². The van der Waals surface area contributed by atoms with E-state index >= 15 is 0 Å². The first-order valence-electron chi connectivity index (χ1n) is 5.38. The maximum absolute atomic E-state index is 13.3. The first kappa shape index (κ1) is 13.4. The Morgan fingerprint density at radius 3 is 2.26 bits per heavy atom. The van der Waals surface area contributed by atoms with E-state index in [2.05, 4.69) is 4.99 Å². The van der Waals surface area contributed by atoms with Gasteiger partial charge in [-0.3, -0.25) is 4.99 Å². The SMILES string of the molecule is NS(=O)(=O)c1ccc(N=Cc2ccccc2F)cc1. The molecule has 0 aliphatic carbocycles. The molecule has 0 amide bonds. The number of nitrogens with zero attached hydrogens (tertiary/aromatic N) is 1. The lowest BCUT2D eigenvalue weighted by Crippen LogP contribution is -2.11. The average molecular weight is 278 g/mol. The summed E-state index contributed by atoms with van der Waals surface area (Å²) < 4.78 is 35.4. The van der Waals surface area contributed by atoms with Gasteiger partial charge in [-0.2, -0.15) is 0 Å². The van der Waals surface area contributed by atoms with Crippen molar-refractivity contribution in [3.8, 4) is 0 Å². The van der Waals surface area contributed by atoms with Gasteiger partial charge in [-0.15, -0.1) is 0 Å². The molecule has 2 aromatic carbocycles. The van der Waals surface area contributed by atoms with Crippen LogP contribution in [0.3, 0.4) is 0 Å². The first-order chi connectivity index (χ1) is 8.97. The molecule has 0 aliphatic heterocycles. The quantitative estimate of drug-likeness (QED) is 0.874. The van der Waals surface area contributed by atoms with Gasteiger partial charge in [-0.25, -0.2) is 17.9 Å². The van der Waals surface area contributed by atoms with Crippen molar-refractivity contribution in [2.45, 2.75) is 4.90 Å². The summed E-state index contributed by atoms with van der Waals surface area (Å²) in [6, 6.07) is 11.9. The van der Waals surface area contributed by atoms with Crippen LogP contribution in [0.2, 0.25) is 0 Å². The van der Waals surface area contributed by atoms with Crippen molar-refractivity contribution in [1.29, 1.82) is 0 Å². The Morgan fingerprint density at radius 1 is 1.05 bits per heavy atom. The predicted molar refractivity (Wildman–Crippen MR) is 71.5 cm³/mol. The van der Waals surface area contributed by atoms with Crippen LogP contribution in [0.5, 0.6) is 0 Å². The van der Waals surface area contributed by atoms with Crippen molar-refractivity contribution in [1.82, 2.24) is 0 Å². The zero-order valence-electron chi connectivity index (χ0n) is 9.82. The second-order valence-electron chi connectivity index (χ2n) is 3.82. The fraction of sp³-hybridized carbons (Fsp3) is 0. The molecule has 0 unspecified atom stereocenters. The van der Waals surface area contributed by atoms with Crippen molar-refractivity contribution in [2.24, 2.45) is 10.1 Å². The van der Waals surface area contributed by atoms with E-state index in [4.69, 9.17) is 5.14 Å². The van der Waals surface area contributed by atoms with Crippen LogP contribution >= 0.6 is 0 Å². The molecule has 0 aromatic heterocycles. The molecule has 0 bridgehead atoms. The van der Waals surface area contributed by atoms with E-state index in [-0.39, 0.29) is 10.7 Å². The van der Waals surface area contributed by atoms with Crippen LogP contribution in [0.15, 0.2) is 58.4 Å². The van der Waals surface area contributed by atoms with E-state index in [1.54, 1.807) is 18.2 Å². The smallest absolute Gasteiger partial charge is 0.238 e. The van der Waals surface area contributed by atoms with Crippen LogP contribution in [0, 0.1) is 5.82 Å². The molecule has 0 radical (unpaired) electrons. The standard InChI is InChI=1S/C13H11FN2O2S/c14-13-4-2-1-3-10(13)9-16-11-5-7-12(8-6-11)19(15,17)18/h1-9H,(H2,15,17,18). The van der Waals surface area contributed by atoms with Crippen LogP contribution in [-0.4, -0.2) is 14.6 Å². The zero-order valence-corrected chi connectivity index (χ0v) is 10.6. The van der Waals surface area contributed by atoms with E-state index in [0.29, 0.717) is 11.3 Å². The number of primary sulfonamides is 1. The number of rotatable bonds is 3. The zero-order chi connectivity index (χ0) is 13.9. The Hall–Kier alpha value is -2.05. The van der Waals surface area contributed by atoms with E-state index in [9.17, 15) is 12.8 Å². The summed E-state index contributed by atoms with van der Waals surface area (Å²) in [4.78, 5) is 4.07. The van der Waals surface area contributed by atoms with Crippen LogP contribution in [0.25, 0.3) is 0 Å².